The van der Waals surface area contributed by atoms with Gasteiger partial charge in [0.15, 0.2) is 0 Å². The van der Waals surface area contributed by atoms with E-state index < -0.39 is 10.2 Å². The first-order valence-corrected chi connectivity index (χ1v) is 7.08. The van der Waals surface area contributed by atoms with E-state index in [0.29, 0.717) is 0 Å². The molecule has 0 saturated heterocycles. The van der Waals surface area contributed by atoms with Gasteiger partial charge in [-0.2, -0.15) is 0 Å². The number of aryl methyl sites for hydroxylation is 1. The van der Waals surface area contributed by atoms with Crippen molar-refractivity contribution in [1.82, 2.24) is 9.55 Å². The van der Waals surface area contributed by atoms with Gasteiger partial charge in [-0.05, 0) is 0 Å². The fraction of sp³-hybridized carbons (Fsp3) is 0.0769. The second-order valence-electron chi connectivity index (χ2n) is 4.14. The van der Waals surface area contributed by atoms with Gasteiger partial charge in [0.1, 0.15) is 18.1 Å². The summed E-state index contributed by atoms with van der Waals surface area (Å²) < 4.78 is 38.1. The molecule has 0 radical (unpaired) electrons. The Bertz CT molecular complexity index is 719. The fourth-order valence-corrected chi connectivity index (χ4v) is 1.94. The van der Waals surface area contributed by atoms with E-state index >= 15 is 0 Å². The van der Waals surface area contributed by atoms with Gasteiger partial charge in [0.25, 0.3) is 0 Å². The molecule has 0 N–H and O–H groups in total. The molecule has 1 aromatic carbocycles. The van der Waals surface area contributed by atoms with Crippen LogP contribution in [0.4, 0.5) is 0 Å². The van der Waals surface area contributed by atoms with E-state index in [1.807, 2.05) is 48.1 Å². The number of hydrogen-bond acceptors (Lipinski definition) is 5. The summed E-state index contributed by atoms with van der Waals surface area (Å²) in [4.78, 5) is 4.35. The number of nitrogens with zero attached hydrogens (tertiary/aromatic N) is 3. The normalized spacial score (nSPS) is 11.1. The molecule has 0 amide bonds. The third-order valence-electron chi connectivity index (χ3n) is 2.75. The molecule has 0 aliphatic carbocycles. The Hall–Kier alpha value is -2.03. The molecular formula is C13H12ClN3O4. The average molecular weight is 310 g/mol. The smallest absolute Gasteiger partial charge is 0.227 e. The lowest BCUT2D eigenvalue weighted by Gasteiger charge is -2.17. The van der Waals surface area contributed by atoms with E-state index in [2.05, 4.69) is 27.9 Å². The summed E-state index contributed by atoms with van der Waals surface area (Å²) in [6.45, 7) is 0. The lowest BCUT2D eigenvalue weighted by Crippen LogP contribution is -2.68. The minimum atomic E-state index is -4.94. The zero-order valence-electron chi connectivity index (χ0n) is 11.0. The van der Waals surface area contributed by atoms with Crippen LogP contribution >= 0.6 is 0 Å². The Morgan fingerprint density at radius 3 is 2.24 bits per heavy atom. The molecule has 110 valence electrons. The number of fused-ring (bicyclic) bond motifs is 1. The highest BCUT2D eigenvalue weighted by atomic mass is 35.7. The first-order chi connectivity index (χ1) is 9.86. The van der Waals surface area contributed by atoms with E-state index in [-0.39, 0.29) is 0 Å². The second-order valence-corrected chi connectivity index (χ2v) is 4.90. The number of imidazole rings is 1. The minimum absolute atomic E-state index is 0.946. The van der Waals surface area contributed by atoms with Gasteiger partial charge in [-0.25, -0.2) is 27.6 Å². The van der Waals surface area contributed by atoms with Crippen LogP contribution in [0, 0.1) is 10.2 Å². The summed E-state index contributed by atoms with van der Waals surface area (Å²) in [5.74, 6) is 0.946. The van der Waals surface area contributed by atoms with Gasteiger partial charge in [0.05, 0.1) is 13.2 Å². The van der Waals surface area contributed by atoms with Gasteiger partial charge in [0.2, 0.25) is 0 Å². The molecule has 3 rings (SSSR count). The monoisotopic (exact) mass is 309 g/mol. The summed E-state index contributed by atoms with van der Waals surface area (Å²) in [5.41, 5.74) is 2.37. The molecule has 3 aromatic rings. The Morgan fingerprint density at radius 2 is 1.67 bits per heavy atom. The highest BCUT2D eigenvalue weighted by Gasteiger charge is 2.14. The molecule has 2 aromatic heterocycles. The average Bonchev–Trinajstić information content (AvgIpc) is 2.76. The van der Waals surface area contributed by atoms with Crippen molar-refractivity contribution in [3.05, 3.63) is 55.0 Å². The Morgan fingerprint density at radius 1 is 1.05 bits per heavy atom. The van der Waals surface area contributed by atoms with Crippen LogP contribution in [0.5, 0.6) is 0 Å². The molecule has 2 heterocycles. The summed E-state index contributed by atoms with van der Waals surface area (Å²) in [7, 11) is -2.91. The molecule has 21 heavy (non-hydrogen) atoms. The summed E-state index contributed by atoms with van der Waals surface area (Å²) in [6, 6.07) is 12.3. The molecule has 0 saturated carbocycles. The molecule has 0 aliphatic heterocycles. The zero-order chi connectivity index (χ0) is 15.5. The number of aromatic nitrogens is 3. The zero-order valence-corrected chi connectivity index (χ0v) is 11.8. The van der Waals surface area contributed by atoms with Gasteiger partial charge in [-0.3, -0.25) is 0 Å². The lowest BCUT2D eigenvalue weighted by atomic mass is 10.2. The van der Waals surface area contributed by atoms with Crippen molar-refractivity contribution < 1.29 is 33.3 Å². The lowest BCUT2D eigenvalue weighted by molar-refractivity contribution is -2.00. The maximum absolute atomic E-state index is 8.49. The first-order valence-electron chi connectivity index (χ1n) is 5.85. The topological polar surface area (TPSA) is 114 Å². The standard InChI is InChI=1S/C13H12N3.ClHO4/c1-15-12(11-6-3-2-4-7-11)10-16-9-5-8-14-13(15)16;2-1(3,4)5/h2-10H,1H3;(H,2,3,4,5)/q+1;/p-1. The van der Waals surface area contributed by atoms with Crippen LogP contribution in [0.25, 0.3) is 17.0 Å². The van der Waals surface area contributed by atoms with Gasteiger partial charge in [-0.15, -0.1) is 10.2 Å². The largest absolute Gasteiger partial charge is 0.403 e. The molecule has 0 bridgehead atoms. The van der Waals surface area contributed by atoms with Gasteiger partial charge >= 0.3 is 5.78 Å². The van der Waals surface area contributed by atoms with Crippen molar-refractivity contribution >= 4 is 5.78 Å². The molecular weight excluding hydrogens is 298 g/mol. The van der Waals surface area contributed by atoms with E-state index in [1.54, 1.807) is 0 Å². The second kappa shape index (κ2) is 6.17. The number of benzene rings is 1. The van der Waals surface area contributed by atoms with Crippen LogP contribution in [0.2, 0.25) is 0 Å². The number of rotatable bonds is 1. The van der Waals surface area contributed by atoms with Gasteiger partial charge < -0.3 is 0 Å². The molecule has 0 fully saturated rings. The van der Waals surface area contributed by atoms with Gasteiger partial charge in [-0.1, -0.05) is 35.3 Å². The van der Waals surface area contributed by atoms with Crippen molar-refractivity contribution in [2.24, 2.45) is 7.05 Å². The SMILES string of the molecule is Cn1c(-c2ccccc2)c[n+]2cccnc12.[O-][Cl+3]([O-])([O-])[O-]. The van der Waals surface area contributed by atoms with E-state index in [1.165, 1.54) is 11.3 Å². The number of halogens is 1. The highest BCUT2D eigenvalue weighted by Crippen LogP contribution is 2.17. The quantitative estimate of drug-likeness (QED) is 0.446. The van der Waals surface area contributed by atoms with Crippen molar-refractivity contribution in [1.29, 1.82) is 0 Å². The van der Waals surface area contributed by atoms with E-state index in [4.69, 9.17) is 18.6 Å². The third-order valence-corrected chi connectivity index (χ3v) is 2.75. The predicted molar refractivity (Wildman–Crippen MR) is 61.8 cm³/mol. The molecule has 8 heteroatoms. The van der Waals surface area contributed by atoms with Crippen LogP contribution in [-0.4, -0.2) is 9.55 Å². The Kier molecular flexibility index (Phi) is 4.51. The fourth-order valence-electron chi connectivity index (χ4n) is 1.94. The van der Waals surface area contributed by atoms with Crippen LogP contribution in [0.15, 0.2) is 55.0 Å². The van der Waals surface area contributed by atoms with Crippen molar-refractivity contribution in [2.75, 3.05) is 0 Å². The molecule has 0 spiro atoms. The van der Waals surface area contributed by atoms with Crippen LogP contribution in [0.1, 0.15) is 0 Å². The summed E-state index contributed by atoms with van der Waals surface area (Å²) in [6.07, 6.45) is 5.91. The highest BCUT2D eigenvalue weighted by molar-refractivity contribution is 5.59. The van der Waals surface area contributed by atoms with Crippen molar-refractivity contribution in [2.45, 2.75) is 0 Å². The Labute approximate surface area is 122 Å². The molecule has 7 nitrogen and oxygen atoms in total. The maximum atomic E-state index is 8.49. The summed E-state index contributed by atoms with van der Waals surface area (Å²) in [5, 5.41) is 0. The van der Waals surface area contributed by atoms with Gasteiger partial charge in [0, 0.05) is 11.6 Å². The predicted octanol–water partition coefficient (Wildman–Crippen LogP) is -2.93. The summed E-state index contributed by atoms with van der Waals surface area (Å²) >= 11 is 0. The minimum Gasteiger partial charge on any atom is -0.227 e. The van der Waals surface area contributed by atoms with E-state index in [0.717, 1.165) is 5.78 Å². The first kappa shape index (κ1) is 15.4. The van der Waals surface area contributed by atoms with Crippen LogP contribution < -0.4 is 23.0 Å². The third kappa shape index (κ3) is 4.22. The molecule has 0 aliphatic rings. The van der Waals surface area contributed by atoms with Crippen LogP contribution in [-0.2, 0) is 7.05 Å². The number of hydrogen-bond donors (Lipinski definition) is 0. The van der Waals surface area contributed by atoms with Crippen molar-refractivity contribution in [3.8, 4) is 11.3 Å². The van der Waals surface area contributed by atoms with Crippen molar-refractivity contribution in [3.63, 3.8) is 0 Å². The Balaban J connectivity index is 0.000000282. The molecule has 0 atom stereocenters. The van der Waals surface area contributed by atoms with E-state index in [9.17, 15) is 0 Å². The molecule has 0 unspecified atom stereocenters. The van der Waals surface area contributed by atoms with Crippen LogP contribution in [0.3, 0.4) is 0 Å². The maximum Gasteiger partial charge on any atom is 0.403 e.